The molecule has 456 valence electrons. The maximum atomic E-state index is 17.0. The highest BCUT2D eigenvalue weighted by Crippen LogP contribution is 2.67. The van der Waals surface area contributed by atoms with Crippen LogP contribution in [0.1, 0.15) is 44.5 Å². The van der Waals surface area contributed by atoms with E-state index in [1.807, 2.05) is 24.3 Å². The fourth-order valence-electron chi connectivity index (χ4n) is 18.6. The summed E-state index contributed by atoms with van der Waals surface area (Å²) in [5.41, 5.74) is 31.6. The summed E-state index contributed by atoms with van der Waals surface area (Å²) in [5.74, 6) is -0.621. The van der Waals surface area contributed by atoms with Crippen LogP contribution in [-0.2, 0) is 10.8 Å². The predicted octanol–water partition coefficient (Wildman–Crippen LogP) is 24.9. The second-order valence-electron chi connectivity index (χ2n) is 26.6. The molecule has 2 nitrogen and oxygen atoms in total. The van der Waals surface area contributed by atoms with Crippen LogP contribution in [-0.4, -0.2) is 0 Å². The minimum absolute atomic E-state index is 0.311. The van der Waals surface area contributed by atoms with Crippen molar-refractivity contribution in [2.24, 2.45) is 0 Å². The summed E-state index contributed by atoms with van der Waals surface area (Å²) in [6.45, 7) is 0. The normalized spacial score (nSPS) is 13.6. The zero-order valence-corrected chi connectivity index (χ0v) is 53.0. The van der Waals surface area contributed by atoms with Gasteiger partial charge in [-0.05, 0) is 205 Å². The minimum atomic E-state index is -0.574. The van der Waals surface area contributed by atoms with Gasteiger partial charge < -0.3 is 9.80 Å². The van der Waals surface area contributed by atoms with Crippen LogP contribution in [0.3, 0.4) is 0 Å². The van der Waals surface area contributed by atoms with Gasteiger partial charge in [0.1, 0.15) is 11.6 Å². The topological polar surface area (TPSA) is 6.48 Å². The molecule has 0 saturated carbocycles. The Bertz CT molecular complexity index is 5660. The number of anilines is 6. The molecule has 98 heavy (non-hydrogen) atoms. The van der Waals surface area contributed by atoms with Crippen LogP contribution in [0.4, 0.5) is 42.9 Å². The van der Waals surface area contributed by atoms with Crippen molar-refractivity contribution < 1.29 is 8.78 Å². The quantitative estimate of drug-likeness (QED) is 0.150. The number of hydrogen-bond acceptors (Lipinski definition) is 2. The molecule has 4 heteroatoms. The van der Waals surface area contributed by atoms with Crippen molar-refractivity contribution >= 4 is 55.7 Å². The van der Waals surface area contributed by atoms with Gasteiger partial charge in [0.05, 0.1) is 33.6 Å². The first-order valence-corrected chi connectivity index (χ1v) is 33.8. The molecule has 0 aromatic heterocycles. The average Bonchev–Trinajstić information content (AvgIpc) is 1.52. The van der Waals surface area contributed by atoms with E-state index in [4.69, 9.17) is 0 Å². The zero-order chi connectivity index (χ0) is 64.5. The Morgan fingerprint density at radius 3 is 0.867 bits per heavy atom. The SMILES string of the molecule is Fc1ccccc1N(c1ccc(-c2c3c(c(-c4ccc(N(c5ccccc5F)c5cccc6c5-c5ccccc5C65c6ccccc6-c6ccccc65)cc4)c4ccccc24)-c2cccc4cccc-3c24)cc1)c1cccc2c1-c1ccccc1C21c2ccccc2-c2ccccc21. The second-order valence-corrected chi connectivity index (χ2v) is 26.6. The summed E-state index contributed by atoms with van der Waals surface area (Å²) in [6.07, 6.45) is 0. The van der Waals surface area contributed by atoms with Crippen molar-refractivity contribution in [2.45, 2.75) is 10.8 Å². The van der Waals surface area contributed by atoms with E-state index < -0.39 is 10.8 Å². The molecule has 5 aliphatic rings. The third-order valence-electron chi connectivity index (χ3n) is 22.2. The smallest absolute Gasteiger partial charge is 0.147 e. The van der Waals surface area contributed by atoms with Gasteiger partial charge in [-0.2, -0.15) is 0 Å². The number of hydrogen-bond donors (Lipinski definition) is 0. The minimum Gasteiger partial charge on any atom is -0.307 e. The van der Waals surface area contributed by atoms with Crippen molar-refractivity contribution in [3.63, 3.8) is 0 Å². The Kier molecular flexibility index (Phi) is 11.5. The number of benzene rings is 16. The van der Waals surface area contributed by atoms with E-state index in [0.717, 1.165) is 78.0 Å². The third kappa shape index (κ3) is 7.12. The molecular weight excluding hydrogens is 1200 g/mol. The molecule has 2 spiro atoms. The fourth-order valence-corrected chi connectivity index (χ4v) is 18.6. The van der Waals surface area contributed by atoms with Gasteiger partial charge >= 0.3 is 0 Å². The Hall–Kier alpha value is -12.5. The lowest BCUT2D eigenvalue weighted by Crippen LogP contribution is -2.26. The summed E-state index contributed by atoms with van der Waals surface area (Å²) >= 11 is 0. The molecule has 0 unspecified atom stereocenters. The molecule has 16 aromatic carbocycles. The van der Waals surface area contributed by atoms with E-state index >= 15 is 8.78 Å². The second kappa shape index (κ2) is 20.5. The number of fused-ring (bicyclic) bond motifs is 24. The molecule has 0 atom stereocenters. The number of para-hydroxylation sites is 2. The summed E-state index contributed by atoms with van der Waals surface area (Å²) in [7, 11) is 0. The first-order chi connectivity index (χ1) is 48.5. The van der Waals surface area contributed by atoms with Crippen molar-refractivity contribution in [3.8, 4) is 89.0 Å². The Labute approximate surface area is 566 Å². The van der Waals surface area contributed by atoms with Crippen LogP contribution < -0.4 is 9.80 Å². The molecule has 0 amide bonds. The van der Waals surface area contributed by atoms with Crippen molar-refractivity contribution in [2.75, 3.05) is 9.80 Å². The van der Waals surface area contributed by atoms with Gasteiger partial charge in [0, 0.05) is 22.5 Å². The van der Waals surface area contributed by atoms with Gasteiger partial charge in [0.2, 0.25) is 0 Å². The van der Waals surface area contributed by atoms with Gasteiger partial charge in [-0.3, -0.25) is 0 Å². The first-order valence-electron chi connectivity index (χ1n) is 33.8. The molecule has 5 aliphatic carbocycles. The highest BCUT2D eigenvalue weighted by molar-refractivity contribution is 6.27. The fraction of sp³-hybridized carbons (Fsp3) is 0.0213. The first kappa shape index (κ1) is 54.8. The highest BCUT2D eigenvalue weighted by Gasteiger charge is 2.54. The molecule has 0 radical (unpaired) electrons. The lowest BCUT2D eigenvalue weighted by atomic mass is 9.70. The Morgan fingerprint density at radius 1 is 0.204 bits per heavy atom. The van der Waals surface area contributed by atoms with Crippen LogP contribution in [0.15, 0.2) is 340 Å². The third-order valence-corrected chi connectivity index (χ3v) is 22.2. The van der Waals surface area contributed by atoms with Gasteiger partial charge in [-0.1, -0.05) is 279 Å². The summed E-state index contributed by atoms with van der Waals surface area (Å²) in [4.78, 5) is 4.27. The largest absolute Gasteiger partial charge is 0.307 e. The molecule has 0 bridgehead atoms. The molecule has 21 rings (SSSR count). The van der Waals surface area contributed by atoms with Crippen LogP contribution in [0.25, 0.3) is 111 Å². The Balaban J connectivity index is 0.737. The van der Waals surface area contributed by atoms with Gasteiger partial charge in [-0.25, -0.2) is 8.78 Å². The highest BCUT2D eigenvalue weighted by atomic mass is 19.1. The van der Waals surface area contributed by atoms with Crippen LogP contribution >= 0.6 is 0 Å². The lowest BCUT2D eigenvalue weighted by Gasteiger charge is -2.32. The molecule has 0 saturated heterocycles. The lowest BCUT2D eigenvalue weighted by molar-refractivity contribution is 0.628. The molecular formula is C94H56F2N2. The monoisotopic (exact) mass is 1250 g/mol. The predicted molar refractivity (Wildman–Crippen MR) is 399 cm³/mol. The molecule has 16 aromatic rings. The standard InChI is InChI=1S/C94H56F2N2/c95-80-43-15-17-45-82(80)97(84-47-21-41-78-89(84)68-31-7-13-39-76(68)93(78)72-35-9-3-25-62(72)63-26-4-10-36-73(63)93)60-53-49-58(50-54-60)87-66-29-1-2-30-67(66)88(92-71-34-20-24-57-23-19-33-70(86(57)71)91(87)92)59-51-55-61(56-52-59)98(83-46-18-16-44-81(83)96)85-48-22-42-79-90(85)69-32-8-14-40-77(69)94(79)74-37-11-5-27-64(74)65-28-6-12-38-75(65)94/h1-56H. The average molecular weight is 1250 g/mol. The van der Waals surface area contributed by atoms with E-state index in [0.29, 0.717) is 11.4 Å². The number of nitrogens with zero attached hydrogens (tertiary/aromatic N) is 2. The summed E-state index contributed by atoms with van der Waals surface area (Å²) in [6, 6.07) is 121. The van der Waals surface area contributed by atoms with Crippen LogP contribution in [0, 0.1) is 11.6 Å². The van der Waals surface area contributed by atoms with Crippen LogP contribution in [0.2, 0.25) is 0 Å². The maximum absolute atomic E-state index is 17.0. The summed E-state index contributed by atoms with van der Waals surface area (Å²) in [5, 5.41) is 4.63. The summed E-state index contributed by atoms with van der Waals surface area (Å²) < 4.78 is 34.1. The van der Waals surface area contributed by atoms with Gasteiger partial charge in [0.25, 0.3) is 0 Å². The van der Waals surface area contributed by atoms with Crippen molar-refractivity contribution in [1.29, 1.82) is 0 Å². The molecule has 0 fully saturated rings. The van der Waals surface area contributed by atoms with Crippen molar-refractivity contribution in [1.82, 2.24) is 0 Å². The zero-order valence-electron chi connectivity index (χ0n) is 53.0. The molecule has 0 aliphatic heterocycles. The number of rotatable bonds is 8. The van der Waals surface area contributed by atoms with E-state index in [1.165, 1.54) is 99.8 Å². The van der Waals surface area contributed by atoms with Gasteiger partial charge in [-0.15, -0.1) is 0 Å². The van der Waals surface area contributed by atoms with Crippen molar-refractivity contribution in [3.05, 3.63) is 396 Å². The van der Waals surface area contributed by atoms with E-state index in [9.17, 15) is 0 Å². The Morgan fingerprint density at radius 2 is 0.490 bits per heavy atom. The molecule has 0 N–H and O–H groups in total. The van der Waals surface area contributed by atoms with E-state index in [1.54, 1.807) is 24.3 Å². The van der Waals surface area contributed by atoms with Gasteiger partial charge in [0.15, 0.2) is 0 Å². The molecule has 0 heterocycles. The maximum Gasteiger partial charge on any atom is 0.147 e. The number of halogens is 2. The van der Waals surface area contributed by atoms with E-state index in [2.05, 4.69) is 301 Å². The van der Waals surface area contributed by atoms with Crippen LogP contribution in [0.5, 0.6) is 0 Å². The van der Waals surface area contributed by atoms with E-state index in [-0.39, 0.29) is 11.6 Å².